The smallest absolute Gasteiger partial charge is 0.273 e. The van der Waals surface area contributed by atoms with E-state index in [-0.39, 0.29) is 18.8 Å². The minimum atomic E-state index is -0.500. The first-order valence-electron chi connectivity index (χ1n) is 5.15. The topological polar surface area (TPSA) is 117 Å². The van der Waals surface area contributed by atoms with Gasteiger partial charge in [-0.15, -0.1) is 0 Å². The SMILES string of the molecule is NNc1ccc(C(=O)N2CC(=O)NC(=O)C2)nc1. The van der Waals surface area contributed by atoms with Crippen molar-refractivity contribution in [3.8, 4) is 0 Å². The number of rotatable bonds is 2. The van der Waals surface area contributed by atoms with E-state index in [0.29, 0.717) is 5.69 Å². The standard InChI is InChI=1S/C10H11N5O3/c11-14-6-1-2-7(12-3-6)10(18)15-4-8(16)13-9(17)5-15/h1-3,14H,4-5,11H2,(H,13,16,17). The van der Waals surface area contributed by atoms with E-state index < -0.39 is 17.7 Å². The van der Waals surface area contributed by atoms with Gasteiger partial charge in [0.1, 0.15) is 18.8 Å². The number of carbonyl (C=O) groups is 3. The molecule has 1 fully saturated rings. The number of nitrogens with zero attached hydrogens (tertiary/aromatic N) is 2. The number of imide groups is 1. The molecule has 3 amide bonds. The van der Waals surface area contributed by atoms with Crippen LogP contribution >= 0.6 is 0 Å². The minimum absolute atomic E-state index is 0.150. The molecule has 0 spiro atoms. The van der Waals surface area contributed by atoms with E-state index in [0.717, 1.165) is 4.90 Å². The number of hydrazine groups is 1. The molecular formula is C10H11N5O3. The van der Waals surface area contributed by atoms with Gasteiger partial charge in [0, 0.05) is 0 Å². The van der Waals surface area contributed by atoms with E-state index in [1.165, 1.54) is 12.3 Å². The van der Waals surface area contributed by atoms with Crippen LogP contribution < -0.4 is 16.6 Å². The fourth-order valence-electron chi connectivity index (χ4n) is 1.55. The summed E-state index contributed by atoms with van der Waals surface area (Å²) in [6, 6.07) is 3.04. The summed E-state index contributed by atoms with van der Waals surface area (Å²) in [5.41, 5.74) is 3.09. The lowest BCUT2D eigenvalue weighted by atomic mass is 10.2. The van der Waals surface area contributed by atoms with Gasteiger partial charge in [-0.2, -0.15) is 0 Å². The van der Waals surface area contributed by atoms with Crippen LogP contribution in [-0.2, 0) is 9.59 Å². The van der Waals surface area contributed by atoms with E-state index in [1.54, 1.807) is 6.07 Å². The molecule has 0 aromatic carbocycles. The van der Waals surface area contributed by atoms with E-state index in [2.05, 4.69) is 15.7 Å². The minimum Gasteiger partial charge on any atom is -0.323 e. The van der Waals surface area contributed by atoms with Crippen molar-refractivity contribution in [2.75, 3.05) is 18.5 Å². The molecule has 0 saturated carbocycles. The number of pyridine rings is 1. The quantitative estimate of drug-likeness (QED) is 0.332. The predicted molar refractivity (Wildman–Crippen MR) is 61.1 cm³/mol. The lowest BCUT2D eigenvalue weighted by molar-refractivity contribution is -0.135. The Morgan fingerprint density at radius 1 is 1.33 bits per heavy atom. The molecule has 4 N–H and O–H groups in total. The number of hydrogen-bond acceptors (Lipinski definition) is 6. The van der Waals surface area contributed by atoms with Crippen LogP contribution in [0.15, 0.2) is 18.3 Å². The van der Waals surface area contributed by atoms with Crippen molar-refractivity contribution in [3.05, 3.63) is 24.0 Å². The maximum absolute atomic E-state index is 12.0. The molecule has 8 nitrogen and oxygen atoms in total. The van der Waals surface area contributed by atoms with Gasteiger partial charge in [-0.3, -0.25) is 25.5 Å². The molecule has 0 atom stereocenters. The lowest BCUT2D eigenvalue weighted by Gasteiger charge is -2.25. The van der Waals surface area contributed by atoms with Crippen LogP contribution in [0.25, 0.3) is 0 Å². The van der Waals surface area contributed by atoms with Gasteiger partial charge in [-0.05, 0) is 12.1 Å². The summed E-state index contributed by atoms with van der Waals surface area (Å²) >= 11 is 0. The molecule has 0 radical (unpaired) electrons. The Labute approximate surface area is 102 Å². The fourth-order valence-corrected chi connectivity index (χ4v) is 1.55. The second-order valence-electron chi connectivity index (χ2n) is 3.71. The van der Waals surface area contributed by atoms with Crippen LogP contribution in [0.1, 0.15) is 10.5 Å². The average molecular weight is 249 g/mol. The van der Waals surface area contributed by atoms with Crippen molar-refractivity contribution >= 4 is 23.4 Å². The van der Waals surface area contributed by atoms with Gasteiger partial charge in [0.25, 0.3) is 5.91 Å². The summed E-state index contributed by atoms with van der Waals surface area (Å²) in [5.74, 6) is 3.70. The number of nitrogens with one attached hydrogen (secondary N) is 2. The molecule has 1 aliphatic rings. The zero-order chi connectivity index (χ0) is 13.1. The van der Waals surface area contributed by atoms with E-state index >= 15 is 0 Å². The van der Waals surface area contributed by atoms with Crippen molar-refractivity contribution in [3.63, 3.8) is 0 Å². The Hall–Kier alpha value is -2.48. The van der Waals surface area contributed by atoms with Crippen molar-refractivity contribution in [1.29, 1.82) is 0 Å². The molecule has 1 aromatic heterocycles. The maximum atomic E-state index is 12.0. The highest BCUT2D eigenvalue weighted by Crippen LogP contribution is 2.08. The normalized spacial score (nSPS) is 15.3. The Morgan fingerprint density at radius 2 is 2.00 bits per heavy atom. The largest absolute Gasteiger partial charge is 0.323 e. The van der Waals surface area contributed by atoms with Crippen molar-refractivity contribution < 1.29 is 14.4 Å². The van der Waals surface area contributed by atoms with Gasteiger partial charge in [0.05, 0.1) is 11.9 Å². The van der Waals surface area contributed by atoms with Gasteiger partial charge in [0.15, 0.2) is 0 Å². The summed E-state index contributed by atoms with van der Waals surface area (Å²) in [6.07, 6.45) is 1.39. The van der Waals surface area contributed by atoms with Crippen molar-refractivity contribution in [2.45, 2.75) is 0 Å². The molecule has 8 heteroatoms. The van der Waals surface area contributed by atoms with Gasteiger partial charge in [-0.25, -0.2) is 4.98 Å². The molecule has 1 aromatic rings. The highest BCUT2D eigenvalue weighted by Gasteiger charge is 2.27. The third kappa shape index (κ3) is 2.43. The van der Waals surface area contributed by atoms with Crippen LogP contribution in [0.2, 0.25) is 0 Å². The van der Waals surface area contributed by atoms with Gasteiger partial charge in [-0.1, -0.05) is 0 Å². The summed E-state index contributed by atoms with van der Waals surface area (Å²) in [4.78, 5) is 39.3. The Balaban J connectivity index is 2.14. The van der Waals surface area contributed by atoms with Crippen LogP contribution in [0.3, 0.4) is 0 Å². The number of aromatic nitrogens is 1. The number of anilines is 1. The second-order valence-corrected chi connectivity index (χ2v) is 3.71. The first-order chi connectivity index (χ1) is 8.60. The summed E-state index contributed by atoms with van der Waals surface area (Å²) in [6.45, 7) is -0.299. The van der Waals surface area contributed by atoms with E-state index in [4.69, 9.17) is 5.84 Å². The number of hydrogen-bond donors (Lipinski definition) is 3. The maximum Gasteiger partial charge on any atom is 0.273 e. The third-order valence-corrected chi connectivity index (χ3v) is 2.38. The molecule has 1 saturated heterocycles. The third-order valence-electron chi connectivity index (χ3n) is 2.38. The van der Waals surface area contributed by atoms with Gasteiger partial charge in [0.2, 0.25) is 11.8 Å². The molecule has 94 valence electrons. The Kier molecular flexibility index (Phi) is 3.20. The monoisotopic (exact) mass is 249 g/mol. The molecule has 0 bridgehead atoms. The van der Waals surface area contributed by atoms with Crippen LogP contribution in [-0.4, -0.2) is 40.7 Å². The molecule has 18 heavy (non-hydrogen) atoms. The second kappa shape index (κ2) is 4.80. The zero-order valence-electron chi connectivity index (χ0n) is 9.34. The number of carbonyl (C=O) groups excluding carboxylic acids is 3. The fraction of sp³-hybridized carbons (Fsp3) is 0.200. The van der Waals surface area contributed by atoms with Crippen LogP contribution in [0, 0.1) is 0 Å². The Morgan fingerprint density at radius 3 is 2.50 bits per heavy atom. The number of piperazine rings is 1. The van der Waals surface area contributed by atoms with Crippen LogP contribution in [0.4, 0.5) is 5.69 Å². The Bertz CT molecular complexity index is 483. The molecule has 2 heterocycles. The highest BCUT2D eigenvalue weighted by molar-refractivity contribution is 6.05. The number of amides is 3. The van der Waals surface area contributed by atoms with Gasteiger partial charge >= 0.3 is 0 Å². The highest BCUT2D eigenvalue weighted by atomic mass is 16.2. The average Bonchev–Trinajstić information content (AvgIpc) is 2.37. The van der Waals surface area contributed by atoms with E-state index in [1.807, 2.05) is 0 Å². The molecule has 2 rings (SSSR count). The van der Waals surface area contributed by atoms with Crippen molar-refractivity contribution in [2.24, 2.45) is 5.84 Å². The summed E-state index contributed by atoms with van der Waals surface area (Å²) < 4.78 is 0. The van der Waals surface area contributed by atoms with Crippen LogP contribution in [0.5, 0.6) is 0 Å². The lowest BCUT2D eigenvalue weighted by Crippen LogP contribution is -2.53. The summed E-state index contributed by atoms with van der Waals surface area (Å²) in [7, 11) is 0. The molecule has 0 aliphatic carbocycles. The number of nitrogen functional groups attached to an aromatic ring is 1. The molecular weight excluding hydrogens is 238 g/mol. The molecule has 0 unspecified atom stereocenters. The zero-order valence-corrected chi connectivity index (χ0v) is 9.34. The van der Waals surface area contributed by atoms with E-state index in [9.17, 15) is 14.4 Å². The predicted octanol–water partition coefficient (Wildman–Crippen LogP) is -1.53. The van der Waals surface area contributed by atoms with Gasteiger partial charge < -0.3 is 10.3 Å². The summed E-state index contributed by atoms with van der Waals surface area (Å²) in [5, 5.41) is 2.12. The first kappa shape index (κ1) is 12.0. The number of nitrogens with two attached hydrogens (primary N) is 1. The van der Waals surface area contributed by atoms with Crippen molar-refractivity contribution in [1.82, 2.24) is 15.2 Å². The first-order valence-corrected chi connectivity index (χ1v) is 5.15. The molecule has 1 aliphatic heterocycles.